The molecule has 2 aromatic carbocycles. The Labute approximate surface area is 186 Å². The average molecular weight is 440 g/mol. The number of benzene rings is 2. The summed E-state index contributed by atoms with van der Waals surface area (Å²) in [4.78, 5) is 14.9. The molecular formula is C24H23Cl2N3O. The minimum atomic E-state index is -0.0335. The second-order valence-corrected chi connectivity index (χ2v) is 9.03. The number of hydrogen-bond acceptors (Lipinski definition) is 2. The molecule has 0 radical (unpaired) electrons. The Morgan fingerprint density at radius 3 is 2.70 bits per heavy atom. The maximum Gasteiger partial charge on any atom is 0.255 e. The topological polar surface area (TPSA) is 49.0 Å². The molecule has 6 heteroatoms. The number of hydrogen-bond donors (Lipinski definition) is 0. The van der Waals surface area contributed by atoms with Crippen LogP contribution in [0.3, 0.4) is 0 Å². The van der Waals surface area contributed by atoms with Gasteiger partial charge in [-0.15, -0.1) is 0 Å². The Morgan fingerprint density at radius 2 is 2.03 bits per heavy atom. The molecule has 4 rings (SSSR count). The van der Waals surface area contributed by atoms with Gasteiger partial charge in [0.2, 0.25) is 0 Å². The molecule has 1 saturated heterocycles. The largest absolute Gasteiger partial charge is 0.347 e. The zero-order valence-electron chi connectivity index (χ0n) is 17.3. The van der Waals surface area contributed by atoms with Crippen molar-refractivity contribution in [3.63, 3.8) is 0 Å². The SMILES string of the molecule is Cc1cc(C#N)cc2c1cc(Cc1c(Cl)ccc(C(=O)N3CC[C@@H](C)C3)c1Cl)n2C. The third kappa shape index (κ3) is 3.57. The number of nitriles is 1. The number of fused-ring (bicyclic) bond motifs is 1. The number of nitrogens with zero attached hydrogens (tertiary/aromatic N) is 3. The summed E-state index contributed by atoms with van der Waals surface area (Å²) in [5, 5.41) is 11.4. The number of aromatic nitrogens is 1. The molecule has 0 unspecified atom stereocenters. The number of rotatable bonds is 3. The van der Waals surface area contributed by atoms with Crippen LogP contribution >= 0.6 is 23.2 Å². The lowest BCUT2D eigenvalue weighted by Crippen LogP contribution is -2.28. The highest BCUT2D eigenvalue weighted by Gasteiger charge is 2.27. The van der Waals surface area contributed by atoms with Gasteiger partial charge in [-0.05, 0) is 60.7 Å². The first-order valence-electron chi connectivity index (χ1n) is 10.0. The summed E-state index contributed by atoms with van der Waals surface area (Å²) >= 11 is 13.2. The van der Waals surface area contributed by atoms with Crippen molar-refractivity contribution in [2.24, 2.45) is 13.0 Å². The zero-order valence-corrected chi connectivity index (χ0v) is 18.8. The van der Waals surface area contributed by atoms with E-state index in [0.29, 0.717) is 33.5 Å². The second kappa shape index (κ2) is 7.98. The van der Waals surface area contributed by atoms with Gasteiger partial charge in [0.25, 0.3) is 5.91 Å². The van der Waals surface area contributed by atoms with Crippen molar-refractivity contribution in [3.05, 3.63) is 68.3 Å². The first-order valence-corrected chi connectivity index (χ1v) is 10.8. The molecule has 1 aliphatic heterocycles. The number of aryl methyl sites for hydroxylation is 2. The van der Waals surface area contributed by atoms with E-state index >= 15 is 0 Å². The molecule has 1 aliphatic rings. The minimum Gasteiger partial charge on any atom is -0.347 e. The highest BCUT2D eigenvalue weighted by molar-refractivity contribution is 6.38. The first kappa shape index (κ1) is 20.8. The fourth-order valence-corrected chi connectivity index (χ4v) is 4.88. The van der Waals surface area contributed by atoms with E-state index in [1.165, 1.54) is 0 Å². The van der Waals surface area contributed by atoms with Gasteiger partial charge in [-0.1, -0.05) is 30.1 Å². The monoisotopic (exact) mass is 439 g/mol. The molecule has 0 saturated carbocycles. The molecule has 1 aromatic heterocycles. The minimum absolute atomic E-state index is 0.0335. The summed E-state index contributed by atoms with van der Waals surface area (Å²) in [6, 6.07) is 11.6. The molecule has 0 spiro atoms. The van der Waals surface area contributed by atoms with E-state index in [1.807, 2.05) is 31.0 Å². The van der Waals surface area contributed by atoms with Crippen LogP contribution in [0.25, 0.3) is 10.9 Å². The molecule has 0 bridgehead atoms. The van der Waals surface area contributed by atoms with Gasteiger partial charge in [0.1, 0.15) is 0 Å². The zero-order chi connectivity index (χ0) is 21.6. The van der Waals surface area contributed by atoms with Gasteiger partial charge < -0.3 is 9.47 Å². The molecule has 30 heavy (non-hydrogen) atoms. The van der Waals surface area contributed by atoms with Gasteiger partial charge >= 0.3 is 0 Å². The Morgan fingerprint density at radius 1 is 1.27 bits per heavy atom. The maximum absolute atomic E-state index is 13.0. The molecule has 4 nitrogen and oxygen atoms in total. The Balaban J connectivity index is 1.73. The predicted octanol–water partition coefficient (Wildman–Crippen LogP) is 5.74. The summed E-state index contributed by atoms with van der Waals surface area (Å²) in [5.41, 5.74) is 4.96. The second-order valence-electron chi connectivity index (χ2n) is 8.24. The van der Waals surface area contributed by atoms with Crippen LogP contribution in [0.4, 0.5) is 0 Å². The van der Waals surface area contributed by atoms with Crippen LogP contribution in [-0.4, -0.2) is 28.5 Å². The van der Waals surface area contributed by atoms with Crippen molar-refractivity contribution < 1.29 is 4.79 Å². The standard InChI is InChI=1S/C24H23Cl2N3O/c1-14-6-7-29(13-14)24(30)18-4-5-21(25)20(23(18)26)11-17-10-19-15(2)8-16(12-27)9-22(19)28(17)3/h4-5,8-10,14H,6-7,11,13H2,1-3H3/t14-/m1/s1. The summed E-state index contributed by atoms with van der Waals surface area (Å²) in [6.45, 7) is 5.68. The van der Waals surface area contributed by atoms with E-state index in [0.717, 1.165) is 47.2 Å². The first-order chi connectivity index (χ1) is 14.3. The third-order valence-corrected chi connectivity index (χ3v) is 6.87. The lowest BCUT2D eigenvalue weighted by Gasteiger charge is -2.18. The fraction of sp³-hybridized carbons (Fsp3) is 0.333. The van der Waals surface area contributed by atoms with Gasteiger partial charge in [-0.25, -0.2) is 0 Å². The number of carbonyl (C=O) groups is 1. The normalized spacial score (nSPS) is 16.3. The quantitative estimate of drug-likeness (QED) is 0.522. The summed E-state index contributed by atoms with van der Waals surface area (Å²) in [6.07, 6.45) is 1.52. The molecule has 0 N–H and O–H groups in total. The van der Waals surface area contributed by atoms with Crippen LogP contribution in [0.15, 0.2) is 30.3 Å². The lowest BCUT2D eigenvalue weighted by atomic mass is 10.0. The molecule has 1 amide bonds. The predicted molar refractivity (Wildman–Crippen MR) is 121 cm³/mol. The van der Waals surface area contributed by atoms with Crippen LogP contribution in [0.1, 0.15) is 46.1 Å². The molecule has 1 atom stereocenters. The number of likely N-dealkylation sites (tertiary alicyclic amines) is 1. The fourth-order valence-electron chi connectivity index (χ4n) is 4.29. The Hall–Kier alpha value is -2.48. The van der Waals surface area contributed by atoms with Crippen molar-refractivity contribution in [3.8, 4) is 6.07 Å². The van der Waals surface area contributed by atoms with E-state index in [-0.39, 0.29) is 5.91 Å². The lowest BCUT2D eigenvalue weighted by molar-refractivity contribution is 0.0788. The van der Waals surface area contributed by atoms with Gasteiger partial charge in [0, 0.05) is 48.2 Å². The molecule has 0 aliphatic carbocycles. The molecule has 154 valence electrons. The number of carbonyl (C=O) groups excluding carboxylic acids is 1. The van der Waals surface area contributed by atoms with Crippen LogP contribution in [0.2, 0.25) is 10.0 Å². The number of halogens is 2. The highest BCUT2D eigenvalue weighted by atomic mass is 35.5. The van der Waals surface area contributed by atoms with Crippen LogP contribution in [0.5, 0.6) is 0 Å². The van der Waals surface area contributed by atoms with E-state index in [1.54, 1.807) is 12.1 Å². The van der Waals surface area contributed by atoms with Crippen molar-refractivity contribution >= 4 is 40.0 Å². The maximum atomic E-state index is 13.0. The summed E-state index contributed by atoms with van der Waals surface area (Å²) < 4.78 is 2.06. The number of amides is 1. The van der Waals surface area contributed by atoms with Gasteiger partial charge in [0.15, 0.2) is 0 Å². The van der Waals surface area contributed by atoms with Crippen molar-refractivity contribution in [1.82, 2.24) is 9.47 Å². The van der Waals surface area contributed by atoms with Gasteiger partial charge in [-0.2, -0.15) is 5.26 Å². The van der Waals surface area contributed by atoms with Crippen molar-refractivity contribution in [2.75, 3.05) is 13.1 Å². The van der Waals surface area contributed by atoms with Crippen LogP contribution in [0, 0.1) is 24.2 Å². The average Bonchev–Trinajstić information content (AvgIpc) is 3.29. The highest BCUT2D eigenvalue weighted by Crippen LogP contribution is 2.34. The summed E-state index contributed by atoms with van der Waals surface area (Å²) in [5.74, 6) is 0.477. The smallest absolute Gasteiger partial charge is 0.255 e. The van der Waals surface area contributed by atoms with Gasteiger partial charge in [0.05, 0.1) is 22.2 Å². The molecule has 3 aromatic rings. The van der Waals surface area contributed by atoms with Crippen LogP contribution in [-0.2, 0) is 13.5 Å². The van der Waals surface area contributed by atoms with Crippen molar-refractivity contribution in [1.29, 1.82) is 5.26 Å². The van der Waals surface area contributed by atoms with Gasteiger partial charge in [-0.3, -0.25) is 4.79 Å². The van der Waals surface area contributed by atoms with E-state index in [9.17, 15) is 10.1 Å². The van der Waals surface area contributed by atoms with E-state index in [2.05, 4.69) is 23.6 Å². The summed E-state index contributed by atoms with van der Waals surface area (Å²) in [7, 11) is 1.97. The third-order valence-electron chi connectivity index (χ3n) is 6.08. The van der Waals surface area contributed by atoms with Crippen LogP contribution < -0.4 is 0 Å². The van der Waals surface area contributed by atoms with Crippen molar-refractivity contribution in [2.45, 2.75) is 26.7 Å². The Kier molecular flexibility index (Phi) is 5.53. The van der Waals surface area contributed by atoms with E-state index < -0.39 is 0 Å². The molecule has 2 heterocycles. The molecule has 1 fully saturated rings. The molecular weight excluding hydrogens is 417 g/mol. The van der Waals surface area contributed by atoms with E-state index in [4.69, 9.17) is 23.2 Å². The Bertz CT molecular complexity index is 1210.